The van der Waals surface area contributed by atoms with Gasteiger partial charge in [0.1, 0.15) is 0 Å². The molecular formula is C18H19NO. The number of nitrogens with one attached hydrogen (secondary N) is 1. The number of hydrogen-bond acceptors (Lipinski definition) is 2. The zero-order valence-corrected chi connectivity index (χ0v) is 11.9. The molecule has 0 spiro atoms. The number of hydrogen-bond donors (Lipinski definition) is 1. The molecule has 0 bridgehead atoms. The van der Waals surface area contributed by atoms with Gasteiger partial charge in [-0.05, 0) is 36.6 Å². The number of fused-ring (bicyclic) bond motifs is 1. The molecule has 3 rings (SSSR count). The second-order valence-electron chi connectivity index (χ2n) is 5.63. The van der Waals surface area contributed by atoms with E-state index in [0.717, 1.165) is 17.7 Å². The Labute approximate surface area is 119 Å². The molecule has 102 valence electrons. The van der Waals surface area contributed by atoms with Crippen molar-refractivity contribution in [2.24, 2.45) is 0 Å². The van der Waals surface area contributed by atoms with E-state index in [0.29, 0.717) is 6.42 Å². The van der Waals surface area contributed by atoms with Crippen LogP contribution in [0.15, 0.2) is 42.5 Å². The molecule has 1 heterocycles. The molecule has 0 amide bonds. The summed E-state index contributed by atoms with van der Waals surface area (Å²) >= 11 is 0. The molecule has 0 saturated heterocycles. The van der Waals surface area contributed by atoms with E-state index in [9.17, 15) is 4.79 Å². The molecule has 0 aromatic heterocycles. The van der Waals surface area contributed by atoms with E-state index in [1.165, 1.54) is 16.7 Å². The van der Waals surface area contributed by atoms with Crippen molar-refractivity contribution in [3.05, 3.63) is 64.7 Å². The van der Waals surface area contributed by atoms with Gasteiger partial charge in [-0.25, -0.2) is 0 Å². The number of rotatable bonds is 3. The third kappa shape index (κ3) is 2.46. The largest absolute Gasteiger partial charge is 0.375 e. The molecule has 0 saturated carbocycles. The van der Waals surface area contributed by atoms with E-state index in [2.05, 4.69) is 43.4 Å². The Kier molecular flexibility index (Phi) is 3.31. The standard InChI is InChI=1S/C18H19NO/c1-12-7-8-13(2)15(9-12)11-18(20)17-10-14-5-3-4-6-16(14)19-17/h3-9,17,19H,10-11H2,1-2H3. The number of carbonyl (C=O) groups is 1. The maximum atomic E-state index is 12.5. The minimum Gasteiger partial charge on any atom is -0.375 e. The Morgan fingerprint density at radius 2 is 2.00 bits per heavy atom. The molecular weight excluding hydrogens is 246 g/mol. The van der Waals surface area contributed by atoms with Crippen LogP contribution in [0.25, 0.3) is 0 Å². The van der Waals surface area contributed by atoms with E-state index in [-0.39, 0.29) is 11.8 Å². The first kappa shape index (κ1) is 12.9. The average Bonchev–Trinajstić information content (AvgIpc) is 2.87. The normalized spacial score (nSPS) is 16.6. The van der Waals surface area contributed by atoms with E-state index >= 15 is 0 Å². The molecule has 0 fully saturated rings. The van der Waals surface area contributed by atoms with Crippen LogP contribution in [0.1, 0.15) is 22.3 Å². The van der Waals surface area contributed by atoms with Gasteiger partial charge in [0.2, 0.25) is 0 Å². The number of benzene rings is 2. The van der Waals surface area contributed by atoms with Crippen molar-refractivity contribution >= 4 is 11.5 Å². The summed E-state index contributed by atoms with van der Waals surface area (Å²) in [5, 5.41) is 3.34. The van der Waals surface area contributed by atoms with Crippen molar-refractivity contribution in [1.82, 2.24) is 0 Å². The fraction of sp³-hybridized carbons (Fsp3) is 0.278. The lowest BCUT2D eigenvalue weighted by molar-refractivity contribution is -0.119. The highest BCUT2D eigenvalue weighted by Gasteiger charge is 2.26. The average molecular weight is 265 g/mol. The Hall–Kier alpha value is -2.09. The van der Waals surface area contributed by atoms with Gasteiger partial charge in [0.05, 0.1) is 6.04 Å². The molecule has 1 aliphatic rings. The summed E-state index contributed by atoms with van der Waals surface area (Å²) in [4.78, 5) is 12.5. The molecule has 0 aliphatic carbocycles. The fourth-order valence-corrected chi connectivity index (χ4v) is 2.79. The van der Waals surface area contributed by atoms with Crippen LogP contribution in [-0.2, 0) is 17.6 Å². The fourth-order valence-electron chi connectivity index (χ4n) is 2.79. The molecule has 2 aromatic rings. The SMILES string of the molecule is Cc1ccc(C)c(CC(=O)C2Cc3ccccc3N2)c1. The van der Waals surface area contributed by atoms with Crippen molar-refractivity contribution in [1.29, 1.82) is 0 Å². The van der Waals surface area contributed by atoms with Gasteiger partial charge < -0.3 is 5.32 Å². The number of ketones is 1. The molecule has 2 heteroatoms. The van der Waals surface area contributed by atoms with E-state index in [1.54, 1.807) is 0 Å². The van der Waals surface area contributed by atoms with Gasteiger partial charge in [0.25, 0.3) is 0 Å². The second kappa shape index (κ2) is 5.12. The minimum absolute atomic E-state index is 0.0766. The molecule has 20 heavy (non-hydrogen) atoms. The van der Waals surface area contributed by atoms with Crippen LogP contribution in [-0.4, -0.2) is 11.8 Å². The van der Waals surface area contributed by atoms with Gasteiger partial charge in [-0.2, -0.15) is 0 Å². The first-order valence-corrected chi connectivity index (χ1v) is 7.07. The lowest BCUT2D eigenvalue weighted by Crippen LogP contribution is -2.28. The zero-order chi connectivity index (χ0) is 14.1. The van der Waals surface area contributed by atoms with Gasteiger partial charge in [-0.3, -0.25) is 4.79 Å². The monoisotopic (exact) mass is 265 g/mol. The predicted molar refractivity (Wildman–Crippen MR) is 82.2 cm³/mol. The van der Waals surface area contributed by atoms with E-state index < -0.39 is 0 Å². The summed E-state index contributed by atoms with van der Waals surface area (Å²) < 4.78 is 0. The van der Waals surface area contributed by atoms with Crippen LogP contribution in [0.4, 0.5) is 5.69 Å². The number of Topliss-reactive ketones (excluding diaryl/α,β-unsaturated/α-hetero) is 1. The van der Waals surface area contributed by atoms with Gasteiger partial charge in [-0.1, -0.05) is 42.0 Å². The molecule has 2 nitrogen and oxygen atoms in total. The molecule has 0 radical (unpaired) electrons. The van der Waals surface area contributed by atoms with Gasteiger partial charge in [0, 0.05) is 18.5 Å². The molecule has 2 aromatic carbocycles. The first-order chi connectivity index (χ1) is 9.63. The van der Waals surface area contributed by atoms with Crippen molar-refractivity contribution < 1.29 is 4.79 Å². The van der Waals surface area contributed by atoms with Crippen LogP contribution >= 0.6 is 0 Å². The van der Waals surface area contributed by atoms with Crippen LogP contribution in [0.3, 0.4) is 0 Å². The molecule has 1 N–H and O–H groups in total. The lowest BCUT2D eigenvalue weighted by atomic mass is 9.97. The Morgan fingerprint density at radius 1 is 1.20 bits per heavy atom. The highest BCUT2D eigenvalue weighted by atomic mass is 16.1. The van der Waals surface area contributed by atoms with Crippen LogP contribution in [0.2, 0.25) is 0 Å². The van der Waals surface area contributed by atoms with Crippen LogP contribution in [0, 0.1) is 13.8 Å². The Morgan fingerprint density at radius 3 is 2.80 bits per heavy atom. The molecule has 1 unspecified atom stereocenters. The maximum absolute atomic E-state index is 12.5. The topological polar surface area (TPSA) is 29.1 Å². The van der Waals surface area contributed by atoms with Crippen molar-refractivity contribution in [2.45, 2.75) is 32.7 Å². The number of aryl methyl sites for hydroxylation is 2. The van der Waals surface area contributed by atoms with Gasteiger partial charge in [-0.15, -0.1) is 0 Å². The third-order valence-electron chi connectivity index (χ3n) is 4.03. The second-order valence-corrected chi connectivity index (χ2v) is 5.63. The van der Waals surface area contributed by atoms with E-state index in [4.69, 9.17) is 0 Å². The first-order valence-electron chi connectivity index (χ1n) is 7.07. The molecule has 1 aliphatic heterocycles. The summed E-state index contributed by atoms with van der Waals surface area (Å²) in [5.41, 5.74) is 5.90. The van der Waals surface area contributed by atoms with Crippen molar-refractivity contribution in [3.8, 4) is 0 Å². The van der Waals surface area contributed by atoms with E-state index in [1.807, 2.05) is 18.2 Å². The number of carbonyl (C=O) groups excluding carboxylic acids is 1. The predicted octanol–water partition coefficient (Wildman–Crippen LogP) is 3.45. The quantitative estimate of drug-likeness (QED) is 0.921. The highest BCUT2D eigenvalue weighted by molar-refractivity contribution is 5.91. The van der Waals surface area contributed by atoms with Crippen LogP contribution in [0.5, 0.6) is 0 Å². The Balaban J connectivity index is 1.74. The third-order valence-corrected chi connectivity index (χ3v) is 4.03. The summed E-state index contributed by atoms with van der Waals surface area (Å²) in [6.07, 6.45) is 1.32. The minimum atomic E-state index is -0.0766. The zero-order valence-electron chi connectivity index (χ0n) is 11.9. The lowest BCUT2D eigenvalue weighted by Gasteiger charge is -2.12. The van der Waals surface area contributed by atoms with Gasteiger partial charge >= 0.3 is 0 Å². The Bertz CT molecular complexity index is 635. The summed E-state index contributed by atoms with van der Waals surface area (Å²) in [7, 11) is 0. The van der Waals surface area contributed by atoms with Crippen molar-refractivity contribution in [2.75, 3.05) is 5.32 Å². The summed E-state index contributed by atoms with van der Waals surface area (Å²) in [6.45, 7) is 4.13. The van der Waals surface area contributed by atoms with Gasteiger partial charge in [0.15, 0.2) is 5.78 Å². The maximum Gasteiger partial charge on any atom is 0.159 e. The van der Waals surface area contributed by atoms with Crippen LogP contribution < -0.4 is 5.32 Å². The smallest absolute Gasteiger partial charge is 0.159 e. The summed E-state index contributed by atoms with van der Waals surface area (Å²) in [6, 6.07) is 14.4. The van der Waals surface area contributed by atoms with Crippen molar-refractivity contribution in [3.63, 3.8) is 0 Å². The summed E-state index contributed by atoms with van der Waals surface area (Å²) in [5.74, 6) is 0.273. The highest BCUT2D eigenvalue weighted by Crippen LogP contribution is 2.26. The number of para-hydroxylation sites is 1. The molecule has 1 atom stereocenters. The number of anilines is 1.